The molecule has 4 atom stereocenters. The molecule has 1 aromatic carbocycles. The van der Waals surface area contributed by atoms with E-state index in [1.165, 1.54) is 6.92 Å². The van der Waals surface area contributed by atoms with E-state index < -0.39 is 53.8 Å². The number of aliphatic carboxylic acids is 1. The molecule has 11 nitrogen and oxygen atoms in total. The molecule has 0 spiro atoms. The monoisotopic (exact) mass is 467 g/mol. The van der Waals surface area contributed by atoms with Crippen molar-refractivity contribution in [3.8, 4) is 0 Å². The molecule has 32 heavy (non-hydrogen) atoms. The van der Waals surface area contributed by atoms with Gasteiger partial charge in [-0.1, -0.05) is 30.3 Å². The van der Waals surface area contributed by atoms with E-state index in [4.69, 9.17) is 11.5 Å². The second kappa shape index (κ2) is 13.3. The number of carboxylic acids is 1. The fourth-order valence-corrected chi connectivity index (χ4v) is 2.81. The quantitative estimate of drug-likeness (QED) is 0.168. The third-order valence-corrected chi connectivity index (χ3v) is 4.89. The number of benzene rings is 1. The van der Waals surface area contributed by atoms with E-state index in [1.807, 2.05) is 0 Å². The molecule has 0 aliphatic carbocycles. The van der Waals surface area contributed by atoms with E-state index in [2.05, 4.69) is 28.6 Å². The highest BCUT2D eigenvalue weighted by molar-refractivity contribution is 7.80. The summed E-state index contributed by atoms with van der Waals surface area (Å²) < 4.78 is 0. The highest BCUT2D eigenvalue weighted by Crippen LogP contribution is 2.05. The minimum absolute atomic E-state index is 0.0756. The van der Waals surface area contributed by atoms with E-state index in [0.717, 1.165) is 5.56 Å². The first kappa shape index (κ1) is 26.9. The van der Waals surface area contributed by atoms with Crippen molar-refractivity contribution in [2.75, 3.05) is 5.75 Å². The van der Waals surface area contributed by atoms with Gasteiger partial charge in [-0.05, 0) is 18.9 Å². The summed E-state index contributed by atoms with van der Waals surface area (Å²) in [4.78, 5) is 59.6. The van der Waals surface area contributed by atoms with Gasteiger partial charge in [0.25, 0.3) is 0 Å². The Bertz CT molecular complexity index is 822. The smallest absolute Gasteiger partial charge is 0.326 e. The zero-order valence-electron chi connectivity index (χ0n) is 17.6. The molecule has 176 valence electrons. The number of primary amides is 1. The van der Waals surface area contributed by atoms with Gasteiger partial charge >= 0.3 is 5.97 Å². The Morgan fingerprint density at radius 3 is 2.09 bits per heavy atom. The van der Waals surface area contributed by atoms with Crippen molar-refractivity contribution >= 4 is 42.2 Å². The van der Waals surface area contributed by atoms with Crippen LogP contribution < -0.4 is 27.4 Å². The lowest BCUT2D eigenvalue weighted by atomic mass is 10.0. The van der Waals surface area contributed by atoms with Crippen LogP contribution in [0.2, 0.25) is 0 Å². The highest BCUT2D eigenvalue weighted by Gasteiger charge is 2.28. The summed E-state index contributed by atoms with van der Waals surface area (Å²) in [7, 11) is 0. The van der Waals surface area contributed by atoms with Gasteiger partial charge in [-0.3, -0.25) is 19.2 Å². The summed E-state index contributed by atoms with van der Waals surface area (Å²) in [5, 5.41) is 16.5. The Morgan fingerprint density at radius 2 is 1.56 bits per heavy atom. The molecule has 0 fully saturated rings. The lowest BCUT2D eigenvalue weighted by molar-refractivity contribution is -0.142. The predicted molar refractivity (Wildman–Crippen MR) is 120 cm³/mol. The third kappa shape index (κ3) is 9.35. The maximum atomic E-state index is 12.8. The lowest BCUT2D eigenvalue weighted by Crippen LogP contribution is -2.57. The molecular formula is C20H29N5O6S. The Balaban J connectivity index is 2.85. The standard InChI is InChI=1S/C20H29N5O6S/c1-11(17(27)24-14(20(30)31)7-8-16(22)26)23-19(29)15(25-18(28)13(21)10-32)9-12-5-3-2-4-6-12/h2-6,11,13-15,32H,7-10,21H2,1H3,(H2,22,26)(H,23,29)(H,24,27)(H,25,28)(H,30,31). The largest absolute Gasteiger partial charge is 0.480 e. The Morgan fingerprint density at radius 1 is 0.969 bits per heavy atom. The Hall–Kier alpha value is -3.12. The van der Waals surface area contributed by atoms with Gasteiger partial charge in [0.05, 0.1) is 6.04 Å². The number of hydrogen-bond acceptors (Lipinski definition) is 7. The molecule has 1 rings (SSSR count). The van der Waals surface area contributed by atoms with Crippen molar-refractivity contribution in [1.29, 1.82) is 0 Å². The van der Waals surface area contributed by atoms with Gasteiger partial charge in [0.2, 0.25) is 23.6 Å². The van der Waals surface area contributed by atoms with Crippen LogP contribution in [0.4, 0.5) is 0 Å². The maximum Gasteiger partial charge on any atom is 0.326 e. The number of thiol groups is 1. The van der Waals surface area contributed by atoms with Crippen LogP contribution in [0.15, 0.2) is 30.3 Å². The van der Waals surface area contributed by atoms with Crippen LogP contribution in [0.5, 0.6) is 0 Å². The van der Waals surface area contributed by atoms with Gasteiger partial charge in [-0.2, -0.15) is 12.6 Å². The Labute approximate surface area is 191 Å². The van der Waals surface area contributed by atoms with Gasteiger partial charge in [0, 0.05) is 18.6 Å². The number of nitrogens with two attached hydrogens (primary N) is 2. The summed E-state index contributed by atoms with van der Waals surface area (Å²) in [5.41, 5.74) is 11.4. The van der Waals surface area contributed by atoms with Crippen molar-refractivity contribution in [3.05, 3.63) is 35.9 Å². The molecule has 0 heterocycles. The minimum atomic E-state index is -1.34. The normalized spacial score (nSPS) is 14.3. The van der Waals surface area contributed by atoms with Gasteiger partial charge in [-0.15, -0.1) is 0 Å². The van der Waals surface area contributed by atoms with Crippen LogP contribution >= 0.6 is 12.6 Å². The molecule has 0 bridgehead atoms. The number of hydrogen-bond donors (Lipinski definition) is 7. The number of rotatable bonds is 13. The molecule has 4 amide bonds. The molecule has 0 radical (unpaired) electrons. The molecule has 0 saturated heterocycles. The first-order chi connectivity index (χ1) is 15.0. The number of amides is 4. The van der Waals surface area contributed by atoms with Crippen molar-refractivity contribution in [2.24, 2.45) is 11.5 Å². The first-order valence-corrected chi connectivity index (χ1v) is 10.5. The molecule has 0 aliphatic rings. The average molecular weight is 468 g/mol. The van der Waals surface area contributed by atoms with Crippen LogP contribution in [0, 0.1) is 0 Å². The van der Waals surface area contributed by atoms with E-state index in [0.29, 0.717) is 0 Å². The number of nitrogens with one attached hydrogen (secondary N) is 3. The van der Waals surface area contributed by atoms with Crippen LogP contribution in [0.25, 0.3) is 0 Å². The van der Waals surface area contributed by atoms with Gasteiger partial charge in [-0.25, -0.2) is 4.79 Å². The molecule has 12 heteroatoms. The zero-order valence-corrected chi connectivity index (χ0v) is 18.5. The van der Waals surface area contributed by atoms with Crippen LogP contribution in [0.3, 0.4) is 0 Å². The van der Waals surface area contributed by atoms with Crippen molar-refractivity contribution in [3.63, 3.8) is 0 Å². The van der Waals surface area contributed by atoms with E-state index in [9.17, 15) is 29.1 Å². The van der Waals surface area contributed by atoms with Gasteiger partial charge in [0.15, 0.2) is 0 Å². The molecule has 0 aliphatic heterocycles. The summed E-state index contributed by atoms with van der Waals surface area (Å²) in [6.07, 6.45) is -0.275. The third-order valence-electron chi connectivity index (χ3n) is 4.50. The van der Waals surface area contributed by atoms with Crippen LogP contribution in [0.1, 0.15) is 25.3 Å². The SMILES string of the molecule is CC(NC(=O)C(Cc1ccccc1)NC(=O)C(N)CS)C(=O)NC(CCC(N)=O)C(=O)O. The van der Waals surface area contributed by atoms with E-state index >= 15 is 0 Å². The maximum absolute atomic E-state index is 12.8. The van der Waals surface area contributed by atoms with Crippen molar-refractivity contribution in [1.82, 2.24) is 16.0 Å². The lowest BCUT2D eigenvalue weighted by Gasteiger charge is -2.23. The molecule has 0 aromatic heterocycles. The average Bonchev–Trinajstić information content (AvgIpc) is 2.75. The van der Waals surface area contributed by atoms with Gasteiger partial charge < -0.3 is 32.5 Å². The second-order valence-corrected chi connectivity index (χ2v) is 7.54. The molecule has 1 aromatic rings. The number of carboxylic acid groups (broad SMARTS) is 1. The van der Waals surface area contributed by atoms with Gasteiger partial charge in [0.1, 0.15) is 18.1 Å². The molecular weight excluding hydrogens is 438 g/mol. The summed E-state index contributed by atoms with van der Waals surface area (Å²) in [5.74, 6) is -3.97. The molecule has 0 saturated carbocycles. The fourth-order valence-electron chi connectivity index (χ4n) is 2.64. The van der Waals surface area contributed by atoms with Crippen molar-refractivity contribution < 1.29 is 29.1 Å². The van der Waals surface area contributed by atoms with E-state index in [-0.39, 0.29) is 25.0 Å². The highest BCUT2D eigenvalue weighted by atomic mass is 32.1. The Kier molecular flexibility index (Phi) is 11.2. The summed E-state index contributed by atoms with van der Waals surface area (Å²) in [6.45, 7) is 1.36. The number of carbonyl (C=O) groups excluding carboxylic acids is 4. The first-order valence-electron chi connectivity index (χ1n) is 9.87. The predicted octanol–water partition coefficient (Wildman–Crippen LogP) is -1.69. The van der Waals surface area contributed by atoms with E-state index in [1.54, 1.807) is 30.3 Å². The second-order valence-electron chi connectivity index (χ2n) is 7.17. The fraction of sp³-hybridized carbons (Fsp3) is 0.450. The molecule has 4 unspecified atom stereocenters. The molecule has 8 N–H and O–H groups in total. The topological polar surface area (TPSA) is 194 Å². The summed E-state index contributed by atoms with van der Waals surface area (Å²) >= 11 is 3.97. The van der Waals surface area contributed by atoms with Crippen LogP contribution in [-0.4, -0.2) is 64.6 Å². The number of carbonyl (C=O) groups is 5. The summed E-state index contributed by atoms with van der Waals surface area (Å²) in [6, 6.07) is 4.49. The minimum Gasteiger partial charge on any atom is -0.480 e. The zero-order chi connectivity index (χ0) is 24.3. The van der Waals surface area contributed by atoms with Crippen LogP contribution in [-0.2, 0) is 30.4 Å². The van der Waals surface area contributed by atoms with Crippen molar-refractivity contribution in [2.45, 2.75) is 50.4 Å².